The Balaban J connectivity index is 3.17. The van der Waals surface area contributed by atoms with Crippen LogP contribution >= 0.6 is 11.3 Å². The average molecular weight is 259 g/mol. The van der Waals surface area contributed by atoms with Gasteiger partial charge in [-0.2, -0.15) is 4.31 Å². The van der Waals surface area contributed by atoms with Crippen molar-refractivity contribution in [3.63, 3.8) is 0 Å². The number of hydrogen-bond acceptors (Lipinski definition) is 4. The second-order valence-corrected chi connectivity index (χ2v) is 6.61. The fourth-order valence-corrected chi connectivity index (χ4v) is 3.78. The van der Waals surface area contributed by atoms with Gasteiger partial charge < -0.3 is 5.11 Å². The first kappa shape index (κ1) is 13.2. The van der Waals surface area contributed by atoms with Crippen LogP contribution in [-0.2, 0) is 16.6 Å². The summed E-state index contributed by atoms with van der Waals surface area (Å²) in [5.74, 6) is 2.28. The standard InChI is InChI=1S/C10H13NO3S2/c1-4-5-11(3)16(13,14)10-6-9(7-12)15-8(10)2/h1,6,12H,5,7H2,2-3H3. The van der Waals surface area contributed by atoms with Crippen LogP contribution in [0.25, 0.3) is 0 Å². The van der Waals surface area contributed by atoms with Crippen molar-refractivity contribution in [2.45, 2.75) is 18.4 Å². The molecule has 0 fully saturated rings. The molecule has 0 aliphatic heterocycles. The highest BCUT2D eigenvalue weighted by Gasteiger charge is 2.24. The molecule has 0 aromatic carbocycles. The molecule has 0 aliphatic carbocycles. The van der Waals surface area contributed by atoms with Gasteiger partial charge in [0.2, 0.25) is 10.0 Å². The number of sulfonamides is 1. The summed E-state index contributed by atoms with van der Waals surface area (Å²) in [4.78, 5) is 1.51. The lowest BCUT2D eigenvalue weighted by molar-refractivity contribution is 0.285. The SMILES string of the molecule is C#CCN(C)S(=O)(=O)c1cc(CO)sc1C. The van der Waals surface area contributed by atoms with Crippen LogP contribution in [0.4, 0.5) is 0 Å². The zero-order chi connectivity index (χ0) is 12.3. The van der Waals surface area contributed by atoms with E-state index in [0.717, 1.165) is 4.31 Å². The van der Waals surface area contributed by atoms with E-state index in [-0.39, 0.29) is 18.0 Å². The van der Waals surface area contributed by atoms with E-state index in [1.165, 1.54) is 24.5 Å². The Kier molecular flexibility index (Phi) is 4.10. The van der Waals surface area contributed by atoms with Gasteiger partial charge in [-0.05, 0) is 13.0 Å². The van der Waals surface area contributed by atoms with E-state index in [9.17, 15) is 8.42 Å². The summed E-state index contributed by atoms with van der Waals surface area (Å²) in [6, 6.07) is 1.49. The molecule has 0 amide bonds. The summed E-state index contributed by atoms with van der Waals surface area (Å²) >= 11 is 1.27. The van der Waals surface area contributed by atoms with Gasteiger partial charge in [-0.15, -0.1) is 17.8 Å². The Labute approximate surface area is 99.6 Å². The molecule has 6 heteroatoms. The lowest BCUT2D eigenvalue weighted by atomic mass is 10.4. The fraction of sp³-hybridized carbons (Fsp3) is 0.400. The van der Waals surface area contributed by atoms with Crippen LogP contribution in [-0.4, -0.2) is 31.4 Å². The van der Waals surface area contributed by atoms with Crippen LogP contribution in [0.1, 0.15) is 9.75 Å². The Morgan fingerprint density at radius 1 is 1.62 bits per heavy atom. The number of aryl methyl sites for hydroxylation is 1. The maximum Gasteiger partial charge on any atom is 0.244 e. The van der Waals surface area contributed by atoms with Crippen LogP contribution in [0, 0.1) is 19.3 Å². The minimum Gasteiger partial charge on any atom is -0.391 e. The van der Waals surface area contributed by atoms with Gasteiger partial charge in [-0.3, -0.25) is 0 Å². The summed E-state index contributed by atoms with van der Waals surface area (Å²) in [5, 5.41) is 8.95. The Bertz CT molecular complexity index is 511. The first-order valence-electron chi connectivity index (χ1n) is 4.53. The third-order valence-corrected chi connectivity index (χ3v) is 5.18. The Morgan fingerprint density at radius 3 is 2.69 bits per heavy atom. The molecule has 0 aliphatic rings. The third-order valence-electron chi connectivity index (χ3n) is 2.08. The molecule has 1 aromatic rings. The number of terminal acetylenes is 1. The van der Waals surface area contributed by atoms with Gasteiger partial charge in [-0.25, -0.2) is 8.42 Å². The molecule has 4 nitrogen and oxygen atoms in total. The first-order valence-corrected chi connectivity index (χ1v) is 6.79. The average Bonchev–Trinajstić information content (AvgIpc) is 2.60. The molecule has 0 radical (unpaired) electrons. The molecule has 1 heterocycles. The monoisotopic (exact) mass is 259 g/mol. The first-order chi connectivity index (χ1) is 7.43. The van der Waals surface area contributed by atoms with Crippen molar-refractivity contribution in [3.05, 3.63) is 15.8 Å². The molecule has 1 rings (SSSR count). The van der Waals surface area contributed by atoms with Gasteiger partial charge >= 0.3 is 0 Å². The molecule has 0 saturated carbocycles. The lowest BCUT2D eigenvalue weighted by Gasteiger charge is -2.13. The van der Waals surface area contributed by atoms with Gasteiger partial charge in [-0.1, -0.05) is 5.92 Å². The number of aliphatic hydroxyl groups excluding tert-OH is 1. The van der Waals surface area contributed by atoms with Crippen molar-refractivity contribution >= 4 is 21.4 Å². The van der Waals surface area contributed by atoms with E-state index < -0.39 is 10.0 Å². The molecule has 1 N–H and O–H groups in total. The van der Waals surface area contributed by atoms with Crippen molar-refractivity contribution in [1.82, 2.24) is 4.31 Å². The second-order valence-electron chi connectivity index (χ2n) is 3.26. The topological polar surface area (TPSA) is 57.6 Å². The summed E-state index contributed by atoms with van der Waals surface area (Å²) in [6.45, 7) is 1.59. The van der Waals surface area contributed by atoms with Gasteiger partial charge in [0.25, 0.3) is 0 Å². The predicted octanol–water partition coefficient (Wildman–Crippen LogP) is 0.803. The van der Waals surface area contributed by atoms with Crippen LogP contribution in [0.3, 0.4) is 0 Å². The molecule has 0 atom stereocenters. The van der Waals surface area contributed by atoms with E-state index in [4.69, 9.17) is 11.5 Å². The smallest absolute Gasteiger partial charge is 0.244 e. The lowest BCUT2D eigenvalue weighted by Crippen LogP contribution is -2.27. The van der Waals surface area contributed by atoms with Gasteiger partial charge in [0.05, 0.1) is 18.0 Å². The van der Waals surface area contributed by atoms with E-state index >= 15 is 0 Å². The largest absolute Gasteiger partial charge is 0.391 e. The fourth-order valence-electron chi connectivity index (χ4n) is 1.24. The molecule has 16 heavy (non-hydrogen) atoms. The molecule has 0 saturated heterocycles. The number of hydrogen-bond donors (Lipinski definition) is 1. The van der Waals surface area contributed by atoms with Crippen molar-refractivity contribution in [1.29, 1.82) is 0 Å². The predicted molar refractivity (Wildman–Crippen MR) is 63.6 cm³/mol. The summed E-state index contributed by atoms with van der Waals surface area (Å²) < 4.78 is 25.2. The zero-order valence-electron chi connectivity index (χ0n) is 9.10. The van der Waals surface area contributed by atoms with Crippen LogP contribution in [0.15, 0.2) is 11.0 Å². The van der Waals surface area contributed by atoms with Gasteiger partial charge in [0.15, 0.2) is 0 Å². The summed E-state index contributed by atoms with van der Waals surface area (Å²) in [6.07, 6.45) is 5.08. The second kappa shape index (κ2) is 4.97. The summed E-state index contributed by atoms with van der Waals surface area (Å²) in [7, 11) is -2.10. The van der Waals surface area contributed by atoms with E-state index in [1.807, 2.05) is 0 Å². The summed E-state index contributed by atoms with van der Waals surface area (Å²) in [5.41, 5.74) is 0. The van der Waals surface area contributed by atoms with Crippen LogP contribution in [0.2, 0.25) is 0 Å². The normalized spacial score (nSPS) is 11.7. The maximum absolute atomic E-state index is 12.0. The molecule has 0 unspecified atom stereocenters. The van der Waals surface area contributed by atoms with Crippen LogP contribution < -0.4 is 0 Å². The highest BCUT2D eigenvalue weighted by molar-refractivity contribution is 7.89. The number of thiophene rings is 1. The minimum absolute atomic E-state index is 0.0338. The van der Waals surface area contributed by atoms with Crippen molar-refractivity contribution in [3.8, 4) is 12.3 Å². The van der Waals surface area contributed by atoms with Gasteiger partial charge in [0, 0.05) is 16.8 Å². The number of rotatable bonds is 4. The van der Waals surface area contributed by atoms with E-state index in [0.29, 0.717) is 9.75 Å². The quantitative estimate of drug-likeness (QED) is 0.814. The number of aliphatic hydroxyl groups is 1. The highest BCUT2D eigenvalue weighted by Crippen LogP contribution is 2.27. The van der Waals surface area contributed by atoms with Crippen molar-refractivity contribution in [2.75, 3.05) is 13.6 Å². The van der Waals surface area contributed by atoms with E-state index in [2.05, 4.69) is 5.92 Å². The highest BCUT2D eigenvalue weighted by atomic mass is 32.2. The Hall–Kier alpha value is -0.870. The molecular formula is C10H13NO3S2. The number of nitrogens with zero attached hydrogens (tertiary/aromatic N) is 1. The molecular weight excluding hydrogens is 246 g/mol. The van der Waals surface area contributed by atoms with Crippen molar-refractivity contribution < 1.29 is 13.5 Å². The molecule has 1 aromatic heterocycles. The molecule has 88 valence electrons. The van der Waals surface area contributed by atoms with Crippen LogP contribution in [0.5, 0.6) is 0 Å². The van der Waals surface area contributed by atoms with E-state index in [1.54, 1.807) is 6.92 Å². The Morgan fingerprint density at radius 2 is 2.25 bits per heavy atom. The van der Waals surface area contributed by atoms with Gasteiger partial charge in [0.1, 0.15) is 0 Å². The third kappa shape index (κ3) is 2.44. The molecule has 0 bridgehead atoms. The minimum atomic E-state index is -3.53. The van der Waals surface area contributed by atoms with Crippen molar-refractivity contribution in [2.24, 2.45) is 0 Å². The molecule has 0 spiro atoms. The zero-order valence-corrected chi connectivity index (χ0v) is 10.7. The maximum atomic E-state index is 12.0.